The van der Waals surface area contributed by atoms with Crippen molar-refractivity contribution in [3.8, 4) is 0 Å². The number of benzene rings is 6. The molecule has 6 aromatic heterocycles. The van der Waals surface area contributed by atoms with Crippen LogP contribution in [0.2, 0.25) is 8.47 Å². The monoisotopic (exact) mass is 1770 g/mol. The molecule has 0 bridgehead atoms. The lowest BCUT2D eigenvalue weighted by molar-refractivity contribution is 0.176. The second kappa shape index (κ2) is 43.7. The number of aromatic amines is 6. The molecule has 0 radical (unpaired) electrons. The predicted molar refractivity (Wildman–Crippen MR) is 495 cm³/mol. The van der Waals surface area contributed by atoms with E-state index in [2.05, 4.69) is 35.8 Å². The number of carbonyl (C=O) groups is 6. The average molecular weight is 1770 g/mol. The van der Waals surface area contributed by atoms with Gasteiger partial charge in [0.15, 0.2) is 8.47 Å². The van der Waals surface area contributed by atoms with Crippen LogP contribution in [0.25, 0.3) is 65.4 Å². The Hall–Kier alpha value is -12.1. The molecule has 672 valence electrons. The number of amides is 6. The van der Waals surface area contributed by atoms with Gasteiger partial charge in [-0.15, -0.1) is 0 Å². The van der Waals surface area contributed by atoms with Crippen LogP contribution in [0.5, 0.6) is 0 Å². The number of ether oxygens (including phenoxy) is 6. The Morgan fingerprint density at radius 2 is 0.571 bits per heavy atom. The molecule has 6 fully saturated rings. The molecule has 6 aromatic carbocycles. The molecule has 12 N–H and O–H groups in total. The van der Waals surface area contributed by atoms with Crippen LogP contribution in [0.1, 0.15) is 116 Å². The molecule has 6 saturated heterocycles. The summed E-state index contributed by atoms with van der Waals surface area (Å²) in [6.45, 7) is -26.0. The summed E-state index contributed by atoms with van der Waals surface area (Å²) < 4.78 is 359. The highest BCUT2D eigenvalue weighted by Gasteiger charge is 2.29. The number of rotatable bonds is 30. The maximum atomic E-state index is 11.4. The molecule has 6 atom stereocenters. The lowest BCUT2D eigenvalue weighted by Gasteiger charge is -2.09. The van der Waals surface area contributed by atoms with E-state index in [-0.39, 0.29) is 113 Å². The molecule has 0 spiro atoms. The quantitative estimate of drug-likeness (QED) is 0.0186. The molecule has 6 aliphatic rings. The first-order chi connectivity index (χ1) is 77.0. The zero-order chi connectivity index (χ0) is 125. The molecular formula is C96H126N18O12. The normalized spacial score (nSPS) is 28.1. The topological polar surface area (TPSA) is 344 Å². The number of carbonyl (C=O) groups excluding carboxylic acids is 6. The Morgan fingerprint density at radius 3 is 0.849 bits per heavy atom. The molecule has 0 aliphatic carbocycles. The fourth-order valence-corrected chi connectivity index (χ4v) is 14.0. The van der Waals surface area contributed by atoms with E-state index >= 15 is 0 Å². The lowest BCUT2D eigenvalue weighted by atomic mass is 10.0. The molecule has 0 saturated carbocycles. The summed E-state index contributed by atoms with van der Waals surface area (Å²) >= 11 is 0. The van der Waals surface area contributed by atoms with Gasteiger partial charge in [-0.25, -0.2) is 28.8 Å². The molecule has 30 nitrogen and oxygen atoms in total. The van der Waals surface area contributed by atoms with Gasteiger partial charge in [-0.3, -0.25) is 0 Å². The Kier molecular flexibility index (Phi) is 17.9. The summed E-state index contributed by atoms with van der Waals surface area (Å²) in [6, 6.07) is 22.4. The fourth-order valence-electron chi connectivity index (χ4n) is 14.0. The number of hydrogen-bond donors (Lipinski definition) is 12. The minimum atomic E-state index is -3.46. The molecule has 0 unspecified atom stereocenters. The highest BCUT2D eigenvalue weighted by Crippen LogP contribution is 2.29. The molecule has 30 heteroatoms. The van der Waals surface area contributed by atoms with Crippen molar-refractivity contribution < 1.29 is 115 Å². The summed E-state index contributed by atoms with van der Waals surface area (Å²) in [5, 5.41) is 12.4. The largest absolute Gasteiger partial charge is 0.447 e. The van der Waals surface area contributed by atoms with Crippen LogP contribution in [0.15, 0.2) is 146 Å². The first-order valence-electron chi connectivity index (χ1n) is 60.5. The van der Waals surface area contributed by atoms with Crippen molar-refractivity contribution in [1.29, 1.82) is 0 Å². The fraction of sp³-hybridized carbons (Fsp3) is 0.438. The third-order valence-electron chi connectivity index (χ3n) is 20.0. The van der Waals surface area contributed by atoms with Crippen LogP contribution >= 0.6 is 0 Å². The van der Waals surface area contributed by atoms with Crippen molar-refractivity contribution in [2.45, 2.75) is 113 Å². The molecular weight excluding hydrogens is 1600 g/mol. The molecule has 6 amide bonds. The SMILES string of the molecule is [2H]C([2H])([2H])N(C([2H])([2H])[2H])C([2H])([2H])C([2H])([2H])c1c[nH]c2ccc(C[C@@]3([2H])COC(=O)N3)cc12.[2H]C([2H])([2H])N(C)C([2H])([2H])C([2H])([2H])c1c[nH]c2ccc(C[C@@]3([2H])COC(=O)N3)cc12.[2H]C([2H])(c1c[nH]c2ccc(C[C@@]3([2H])COC(=O)N3)cc12)C([2H])([2H])N(C)C.[2H]N1C(=O)OC[C@]1([2H])Cc1ccc2c(c1)c(CCN(C([2H])([2H])[2H])C([2H])([2H])[2H])cn2[2H].[2H]N1C(=O)OC[C@]1([2H])Cc1ccc2c(c1)c(CCN(C)C([2H])([2H])[2H])cn2[2H].[2H]N1C(=O)OC[C@]1([2H])Cc1ccc2c(c1)c(CCN(C)C)cn2[2H]. The summed E-state index contributed by atoms with van der Waals surface area (Å²) in [5.74, 6) is 0. The summed E-state index contributed by atoms with van der Waals surface area (Å²) in [7, 11) is 9.54. The molecule has 12 aromatic rings. The van der Waals surface area contributed by atoms with Crippen molar-refractivity contribution in [2.75, 3.05) is 163 Å². The van der Waals surface area contributed by atoms with E-state index in [9.17, 15) is 28.8 Å². The van der Waals surface area contributed by atoms with Gasteiger partial charge in [0.05, 0.1) is 44.3 Å². The smallest absolute Gasteiger partial charge is 0.407 e. The first kappa shape index (κ1) is 51.5. The van der Waals surface area contributed by atoms with Gasteiger partial charge in [-0.05, 0) is 301 Å². The van der Waals surface area contributed by atoms with Crippen LogP contribution in [-0.4, -0.2) is 295 Å². The minimum Gasteiger partial charge on any atom is -0.447 e. The van der Waals surface area contributed by atoms with Crippen LogP contribution in [0.3, 0.4) is 0 Å². The first-order valence-corrected chi connectivity index (χ1v) is 39.8. The molecule has 12 heterocycles. The van der Waals surface area contributed by atoms with Crippen LogP contribution in [0, 0.1) is 0 Å². The van der Waals surface area contributed by atoms with Gasteiger partial charge in [0.2, 0.25) is 0 Å². The molecule has 18 rings (SSSR count). The second-order valence-corrected chi connectivity index (χ2v) is 30.4. The lowest BCUT2D eigenvalue weighted by Crippen LogP contribution is -2.28. The highest BCUT2D eigenvalue weighted by atomic mass is 16.6. The number of fused-ring (bicyclic) bond motifs is 6. The highest BCUT2D eigenvalue weighted by molar-refractivity contribution is 5.88. The summed E-state index contributed by atoms with van der Waals surface area (Å²) in [5.41, 5.74) is 10.0. The van der Waals surface area contributed by atoms with Crippen molar-refractivity contribution in [3.05, 3.63) is 213 Å². The van der Waals surface area contributed by atoms with Gasteiger partial charge >= 0.3 is 36.6 Å². The number of alkyl carbamates (subject to hydrolysis) is 6. The number of aryl methyl sites for hydroxylation is 3. The Labute approximate surface area is 795 Å². The van der Waals surface area contributed by atoms with Crippen molar-refractivity contribution >= 4 is 102 Å². The minimum absolute atomic E-state index is 0.00581. The molecule has 126 heavy (non-hydrogen) atoms. The number of aromatic nitrogens is 6. The van der Waals surface area contributed by atoms with Crippen LogP contribution in [0.4, 0.5) is 28.8 Å². The summed E-state index contributed by atoms with van der Waals surface area (Å²) in [4.78, 5) is 85.3. The average Bonchev–Trinajstić information content (AvgIpc) is 1.26. The van der Waals surface area contributed by atoms with E-state index < -0.39 is 158 Å². The van der Waals surface area contributed by atoms with Crippen molar-refractivity contribution in [3.63, 3.8) is 0 Å². The maximum Gasteiger partial charge on any atom is 0.407 e. The number of cyclic esters (lactones) is 6. The molecule has 6 aliphatic heterocycles. The van der Waals surface area contributed by atoms with Crippen LogP contribution in [-0.2, 0) is 105 Å². The Bertz CT molecular complexity index is 7680. The van der Waals surface area contributed by atoms with Gasteiger partial charge in [0.25, 0.3) is 0 Å². The van der Waals surface area contributed by atoms with E-state index in [1.807, 2.05) is 44.6 Å². The van der Waals surface area contributed by atoms with Crippen LogP contribution < -0.4 is 31.9 Å². The summed E-state index contributed by atoms with van der Waals surface area (Å²) in [6.07, 6.45) is -1.62. The predicted octanol–water partition coefficient (Wildman–Crippen LogP) is 11.5. The van der Waals surface area contributed by atoms with E-state index in [0.29, 0.717) is 105 Å². The second-order valence-electron chi connectivity index (χ2n) is 30.4. The Balaban J connectivity index is 0.000000166. The number of nitrogens with zero attached hydrogens (tertiary/aromatic N) is 6. The standard InChI is InChI=1S/6C16H21N3O2/c6*1-19(2)6-5-12-9-17-15-4-3-11(8-14(12)15)7-13-10-21-16(20)18-13/h6*3-4,8-9,13,17H,5-7,10H2,1-2H3,(H,18,20)/t6*13-/m000000/s1/i1D3,2D3,5D2,6D2,13D;1D3,5D2,6D2,13D;5D2,6D2,13D;1D3,2D3,13D;1D3,13D;13D/hD6. The zero-order valence-corrected chi connectivity index (χ0v) is 69.8. The Morgan fingerprint density at radius 1 is 0.310 bits per heavy atom. The zero-order valence-electron chi connectivity index (χ0n) is 112. The van der Waals surface area contributed by atoms with E-state index in [4.69, 9.17) is 86.2 Å². The number of hydrogen-bond acceptors (Lipinski definition) is 18. The van der Waals surface area contributed by atoms with E-state index in [1.54, 1.807) is 85.1 Å². The van der Waals surface area contributed by atoms with Gasteiger partial charge in [0, 0.05) is 183 Å². The van der Waals surface area contributed by atoms with Gasteiger partial charge < -0.3 is 120 Å². The third-order valence-corrected chi connectivity index (χ3v) is 20.0. The van der Waals surface area contributed by atoms with E-state index in [1.165, 1.54) is 65.6 Å². The van der Waals surface area contributed by atoms with Crippen molar-refractivity contribution in [1.82, 2.24) is 91.2 Å². The van der Waals surface area contributed by atoms with Gasteiger partial charge in [0.1, 0.15) is 39.6 Å². The van der Waals surface area contributed by atoms with Gasteiger partial charge in [-0.1, -0.05) is 36.4 Å². The van der Waals surface area contributed by atoms with Crippen molar-refractivity contribution in [2.24, 2.45) is 0 Å². The maximum absolute atomic E-state index is 11.4. The third kappa shape index (κ3) is 26.5. The number of H-pyrrole nitrogens is 6. The number of likely N-dealkylation sites (N-methyl/N-ethyl adjacent to an activating group) is 6. The van der Waals surface area contributed by atoms with Gasteiger partial charge in [-0.2, -0.15) is 0 Å². The number of nitrogens with one attached hydrogen (secondary N) is 12. The van der Waals surface area contributed by atoms with E-state index in [0.717, 1.165) is 75.3 Å².